The molecule has 0 heterocycles. The lowest BCUT2D eigenvalue weighted by Gasteiger charge is -2.31. The van der Waals surface area contributed by atoms with E-state index in [-0.39, 0.29) is 28.2 Å². The van der Waals surface area contributed by atoms with Crippen molar-refractivity contribution in [1.82, 2.24) is 10.2 Å². The number of anilines is 1. The molecule has 0 aromatic heterocycles. The third kappa shape index (κ3) is 6.58. The summed E-state index contributed by atoms with van der Waals surface area (Å²) >= 11 is 15.6. The molecule has 2 aromatic carbocycles. The van der Waals surface area contributed by atoms with Crippen molar-refractivity contribution in [2.24, 2.45) is 0 Å². The molecule has 0 unspecified atom stereocenters. The molecule has 0 radical (unpaired) electrons. The number of sulfonamides is 1. The molecule has 1 N–H and O–H groups in total. The second-order valence-electron chi connectivity index (χ2n) is 6.78. The van der Waals surface area contributed by atoms with Crippen LogP contribution in [0.1, 0.15) is 12.5 Å². The standard InChI is InChI=1S/C20H22BrCl2N3O4S/c1-13(20(28)24-2)25(11-14-6-4-7-15(21)10-14)18(27)12-26(31(3,29)30)17-9-5-8-16(22)19(17)23/h4-10,13H,11-12H2,1-3H3,(H,24,28)/t13-/m0/s1. The number of nitrogens with one attached hydrogen (secondary N) is 1. The van der Waals surface area contributed by atoms with Gasteiger partial charge in [0.1, 0.15) is 12.6 Å². The summed E-state index contributed by atoms with van der Waals surface area (Å²) in [5, 5.41) is 2.69. The van der Waals surface area contributed by atoms with Crippen molar-refractivity contribution in [1.29, 1.82) is 0 Å². The van der Waals surface area contributed by atoms with Gasteiger partial charge in [0, 0.05) is 18.1 Å². The van der Waals surface area contributed by atoms with Gasteiger partial charge in [-0.3, -0.25) is 13.9 Å². The van der Waals surface area contributed by atoms with Crippen LogP contribution >= 0.6 is 39.1 Å². The number of amides is 2. The van der Waals surface area contributed by atoms with Crippen LogP contribution in [0.15, 0.2) is 46.9 Å². The number of hydrogen-bond acceptors (Lipinski definition) is 4. The van der Waals surface area contributed by atoms with Gasteiger partial charge >= 0.3 is 0 Å². The van der Waals surface area contributed by atoms with Gasteiger partial charge < -0.3 is 10.2 Å². The summed E-state index contributed by atoms with van der Waals surface area (Å²) in [6, 6.07) is 11.0. The first-order chi connectivity index (χ1) is 14.5. The highest BCUT2D eigenvalue weighted by Gasteiger charge is 2.30. The van der Waals surface area contributed by atoms with Crippen LogP contribution in [0.2, 0.25) is 10.0 Å². The highest BCUT2D eigenvalue weighted by atomic mass is 79.9. The topological polar surface area (TPSA) is 86.8 Å². The number of benzene rings is 2. The number of likely N-dealkylation sites (N-methyl/N-ethyl adjacent to an activating group) is 1. The smallest absolute Gasteiger partial charge is 0.244 e. The van der Waals surface area contributed by atoms with Gasteiger partial charge in [0.25, 0.3) is 0 Å². The third-order valence-corrected chi connectivity index (χ3v) is 6.96. The maximum atomic E-state index is 13.3. The molecule has 0 aliphatic rings. The SMILES string of the molecule is CNC(=O)[C@H](C)N(Cc1cccc(Br)c1)C(=O)CN(c1cccc(Cl)c1Cl)S(C)(=O)=O. The number of carbonyl (C=O) groups is 2. The van der Waals surface area contributed by atoms with Crippen molar-refractivity contribution < 1.29 is 18.0 Å². The Balaban J connectivity index is 2.43. The summed E-state index contributed by atoms with van der Waals surface area (Å²) in [5.74, 6) is -0.951. The van der Waals surface area contributed by atoms with E-state index in [9.17, 15) is 18.0 Å². The van der Waals surface area contributed by atoms with Gasteiger partial charge in [0.2, 0.25) is 21.8 Å². The van der Waals surface area contributed by atoms with E-state index in [0.29, 0.717) is 0 Å². The molecule has 2 aromatic rings. The van der Waals surface area contributed by atoms with Crippen molar-refractivity contribution in [3.05, 3.63) is 62.5 Å². The maximum absolute atomic E-state index is 13.3. The predicted molar refractivity (Wildman–Crippen MR) is 127 cm³/mol. The molecule has 0 aliphatic heterocycles. The van der Waals surface area contributed by atoms with E-state index >= 15 is 0 Å². The maximum Gasteiger partial charge on any atom is 0.244 e. The molecule has 0 aliphatic carbocycles. The average Bonchev–Trinajstić information content (AvgIpc) is 2.70. The molecular weight excluding hydrogens is 529 g/mol. The van der Waals surface area contributed by atoms with Crippen LogP contribution < -0.4 is 9.62 Å². The van der Waals surface area contributed by atoms with E-state index in [1.807, 2.05) is 18.2 Å². The minimum absolute atomic E-state index is 0.0141. The molecule has 0 fully saturated rings. The van der Waals surface area contributed by atoms with Gasteiger partial charge in [-0.15, -0.1) is 0 Å². The Hall–Kier alpha value is -1.81. The normalized spacial score (nSPS) is 12.2. The molecule has 0 saturated heterocycles. The molecule has 0 bridgehead atoms. The summed E-state index contributed by atoms with van der Waals surface area (Å²) in [5.41, 5.74) is 0.852. The number of nitrogens with zero attached hydrogens (tertiary/aromatic N) is 2. The van der Waals surface area contributed by atoms with Crippen LogP contribution in [-0.4, -0.2) is 51.0 Å². The highest BCUT2D eigenvalue weighted by molar-refractivity contribution is 9.10. The molecule has 2 amide bonds. The molecule has 0 spiro atoms. The molecule has 0 saturated carbocycles. The van der Waals surface area contributed by atoms with Gasteiger partial charge in [-0.2, -0.15) is 0 Å². The molecule has 2 rings (SSSR count). The van der Waals surface area contributed by atoms with E-state index < -0.39 is 28.5 Å². The van der Waals surface area contributed by atoms with E-state index in [1.54, 1.807) is 19.1 Å². The first-order valence-electron chi connectivity index (χ1n) is 9.13. The highest BCUT2D eigenvalue weighted by Crippen LogP contribution is 2.33. The van der Waals surface area contributed by atoms with Crippen LogP contribution in [0.3, 0.4) is 0 Å². The summed E-state index contributed by atoms with van der Waals surface area (Å²) in [6.07, 6.45) is 0.971. The van der Waals surface area contributed by atoms with Crippen LogP contribution in [-0.2, 0) is 26.2 Å². The van der Waals surface area contributed by atoms with Crippen molar-refractivity contribution in [3.8, 4) is 0 Å². The Labute approximate surface area is 200 Å². The van der Waals surface area contributed by atoms with E-state index in [2.05, 4.69) is 21.2 Å². The molecular formula is C20H22BrCl2N3O4S. The molecule has 11 heteroatoms. The Bertz CT molecular complexity index is 1080. The first kappa shape index (κ1) is 25.5. The summed E-state index contributed by atoms with van der Waals surface area (Å²) in [4.78, 5) is 26.9. The number of hydrogen-bond donors (Lipinski definition) is 1. The predicted octanol–water partition coefficient (Wildman–Crippen LogP) is 3.69. The second kappa shape index (κ2) is 10.7. The zero-order valence-electron chi connectivity index (χ0n) is 17.1. The van der Waals surface area contributed by atoms with Crippen molar-refractivity contribution >= 4 is 66.7 Å². The van der Waals surface area contributed by atoms with E-state index in [4.69, 9.17) is 23.2 Å². The quantitative estimate of drug-likeness (QED) is 0.543. The fourth-order valence-electron chi connectivity index (χ4n) is 2.90. The number of carbonyl (C=O) groups excluding carboxylic acids is 2. The minimum Gasteiger partial charge on any atom is -0.357 e. The Morgan fingerprint density at radius 1 is 1.16 bits per heavy atom. The fraction of sp³-hybridized carbons (Fsp3) is 0.300. The van der Waals surface area contributed by atoms with Crippen LogP contribution in [0.4, 0.5) is 5.69 Å². The van der Waals surface area contributed by atoms with Gasteiger partial charge in [0.05, 0.1) is 22.0 Å². The van der Waals surface area contributed by atoms with Crippen LogP contribution in [0.5, 0.6) is 0 Å². The van der Waals surface area contributed by atoms with Crippen molar-refractivity contribution in [3.63, 3.8) is 0 Å². The van der Waals surface area contributed by atoms with Crippen LogP contribution in [0.25, 0.3) is 0 Å². The minimum atomic E-state index is -3.88. The zero-order valence-corrected chi connectivity index (χ0v) is 21.0. The third-order valence-electron chi connectivity index (χ3n) is 4.53. The van der Waals surface area contributed by atoms with Gasteiger partial charge in [-0.25, -0.2) is 8.42 Å². The Kier molecular flexibility index (Phi) is 8.76. The summed E-state index contributed by atoms with van der Waals surface area (Å²) in [6.45, 7) is 1.13. The molecule has 31 heavy (non-hydrogen) atoms. The summed E-state index contributed by atoms with van der Waals surface area (Å²) in [7, 11) is -2.41. The van der Waals surface area contributed by atoms with E-state index in [0.717, 1.165) is 20.6 Å². The second-order valence-corrected chi connectivity index (χ2v) is 10.4. The Morgan fingerprint density at radius 3 is 2.39 bits per heavy atom. The monoisotopic (exact) mass is 549 g/mol. The molecule has 168 valence electrons. The largest absolute Gasteiger partial charge is 0.357 e. The van der Waals surface area contributed by atoms with Crippen molar-refractivity contribution in [2.45, 2.75) is 19.5 Å². The van der Waals surface area contributed by atoms with Crippen LogP contribution in [0, 0.1) is 0 Å². The van der Waals surface area contributed by atoms with E-state index in [1.165, 1.54) is 24.1 Å². The zero-order chi connectivity index (χ0) is 23.3. The average molecular weight is 551 g/mol. The number of rotatable bonds is 8. The van der Waals surface area contributed by atoms with Gasteiger partial charge in [0.15, 0.2) is 0 Å². The summed E-state index contributed by atoms with van der Waals surface area (Å²) < 4.78 is 26.7. The fourth-order valence-corrected chi connectivity index (χ4v) is 4.65. The molecule has 7 nitrogen and oxygen atoms in total. The number of halogens is 3. The lowest BCUT2D eigenvalue weighted by Crippen LogP contribution is -2.50. The molecule has 1 atom stereocenters. The lowest BCUT2D eigenvalue weighted by molar-refractivity contribution is -0.139. The Morgan fingerprint density at radius 2 is 1.81 bits per heavy atom. The first-order valence-corrected chi connectivity index (χ1v) is 12.5. The lowest BCUT2D eigenvalue weighted by atomic mass is 10.1. The van der Waals surface area contributed by atoms with Gasteiger partial charge in [-0.05, 0) is 36.8 Å². The van der Waals surface area contributed by atoms with Crippen molar-refractivity contribution in [2.75, 3.05) is 24.2 Å². The van der Waals surface area contributed by atoms with Gasteiger partial charge in [-0.1, -0.05) is 57.3 Å².